The predicted octanol–water partition coefficient (Wildman–Crippen LogP) is 18.1. The molecule has 67 heavy (non-hydrogen) atoms. The smallest absolute Gasteiger partial charge is 0.726 e. The van der Waals surface area contributed by atoms with E-state index in [0.717, 1.165) is 38.5 Å². The number of hydrogen-bond acceptors (Lipinski definition) is 8. The summed E-state index contributed by atoms with van der Waals surface area (Å²) in [6.45, 7) is 8.97. The summed E-state index contributed by atoms with van der Waals surface area (Å²) in [5, 5.41) is 0. The molecule has 0 aromatic carbocycles. The quantitative estimate of drug-likeness (QED) is 0.0193. The summed E-state index contributed by atoms with van der Waals surface area (Å²) in [6.07, 6.45) is 64.5. The van der Waals surface area contributed by atoms with Crippen LogP contribution in [0.4, 0.5) is 0 Å². The average Bonchev–Trinajstić information content (AvgIpc) is 3.28. The molecule has 0 N–H and O–H groups in total. The second-order valence-corrected chi connectivity index (χ2v) is 21.7. The molecule has 0 saturated heterocycles. The third kappa shape index (κ3) is 66.5. The van der Waals surface area contributed by atoms with Crippen LogP contribution in [0.2, 0.25) is 0 Å². The Labute approximate surface area is 448 Å². The first-order chi connectivity index (χ1) is 32.0. The minimum absolute atomic E-state index is 0. The fraction of sp³-hybridized carbons (Fsp3) is 0.929. The van der Waals surface area contributed by atoms with E-state index in [1.807, 2.05) is 0 Å². The van der Waals surface area contributed by atoms with Gasteiger partial charge in [-0.3, -0.25) is 8.37 Å². The van der Waals surface area contributed by atoms with Crippen molar-refractivity contribution in [3.63, 3.8) is 0 Å². The maximum atomic E-state index is 10.8. The molecular weight excluding hydrogens is 905 g/mol. The normalized spacial score (nSPS) is 13.0. The molecule has 0 amide bonds. The van der Waals surface area contributed by atoms with Gasteiger partial charge in [-0.05, 0) is 38.5 Å². The van der Waals surface area contributed by atoms with Crippen LogP contribution in [0.5, 0.6) is 0 Å². The van der Waals surface area contributed by atoms with Crippen LogP contribution < -0.4 is 0 Å². The van der Waals surface area contributed by atoms with Crippen molar-refractivity contribution in [2.45, 2.75) is 310 Å². The first-order valence-electron chi connectivity index (χ1n) is 28.5. The fourth-order valence-electron chi connectivity index (χ4n) is 8.68. The van der Waals surface area contributed by atoms with Gasteiger partial charge in [0.05, 0.1) is 13.2 Å². The molecule has 0 saturated carbocycles. The van der Waals surface area contributed by atoms with Crippen LogP contribution in [0, 0.1) is 11.8 Å². The number of rotatable bonds is 52. The predicted molar refractivity (Wildman–Crippen MR) is 288 cm³/mol. The molecule has 2 atom stereocenters. The van der Waals surface area contributed by atoms with Gasteiger partial charge in [0.2, 0.25) is 20.8 Å². The second kappa shape index (κ2) is 57.4. The van der Waals surface area contributed by atoms with E-state index in [1.165, 1.54) is 244 Å². The summed E-state index contributed by atoms with van der Waals surface area (Å²) in [6, 6.07) is 0. The Morgan fingerprint density at radius 2 is 0.522 bits per heavy atom. The van der Waals surface area contributed by atoms with Crippen LogP contribution >= 0.6 is 0 Å². The number of unbranched alkanes of at least 4 members (excludes halogenated alkanes) is 38. The summed E-state index contributed by atoms with van der Waals surface area (Å²) < 4.78 is 74.2. The van der Waals surface area contributed by atoms with E-state index in [-0.39, 0.29) is 62.8 Å². The molecule has 0 rings (SSSR count). The zero-order valence-corrected chi connectivity index (χ0v) is 48.6. The second-order valence-electron chi connectivity index (χ2n) is 19.6. The van der Waals surface area contributed by atoms with Crippen molar-refractivity contribution >= 4 is 58.5 Å². The number of hydrogen-bond donors (Lipinski definition) is 0. The van der Waals surface area contributed by atoms with E-state index in [0.29, 0.717) is 0 Å². The Bertz CT molecular complexity index is 1130. The summed E-state index contributed by atoms with van der Waals surface area (Å²) in [4.78, 5) is 0. The largest absolute Gasteiger partial charge is 2.00 e. The third-order valence-corrected chi connectivity index (χ3v) is 13.8. The molecule has 0 aliphatic rings. The molecule has 0 aromatic heterocycles. The summed E-state index contributed by atoms with van der Waals surface area (Å²) >= 11 is 0. The Hall–Kier alpha value is 0.480. The fourth-order valence-corrected chi connectivity index (χ4v) is 9.36. The van der Waals surface area contributed by atoms with Crippen molar-refractivity contribution < 1.29 is 34.3 Å². The molecule has 0 heterocycles. The van der Waals surface area contributed by atoms with Gasteiger partial charge >= 0.3 is 37.7 Å². The zero-order chi connectivity index (χ0) is 48.9. The minimum Gasteiger partial charge on any atom is -0.726 e. The van der Waals surface area contributed by atoms with Crippen LogP contribution in [0.25, 0.3) is 0 Å². The van der Waals surface area contributed by atoms with Crippen LogP contribution in [0.3, 0.4) is 0 Å². The topological polar surface area (TPSA) is 133 Å². The van der Waals surface area contributed by atoms with Gasteiger partial charge in [0.25, 0.3) is 0 Å². The molecule has 0 aromatic rings. The van der Waals surface area contributed by atoms with E-state index >= 15 is 0 Å². The molecule has 0 radical (unpaired) electrons. The van der Waals surface area contributed by atoms with Crippen LogP contribution in [-0.2, 0) is 29.2 Å². The molecule has 0 aliphatic heterocycles. The minimum atomic E-state index is -4.61. The van der Waals surface area contributed by atoms with E-state index < -0.39 is 20.8 Å². The molecule has 396 valence electrons. The zero-order valence-electron chi connectivity index (χ0n) is 44.8. The SMILES string of the molecule is CCCCCCCCC/C=C/C(CCCCCCCCCCCCCCC)COS(=O)(=O)[O-].CCCCCCCCC/C=C/C(CCCCCCCCCCCCCCC)COS(=O)(=O)[O-].[Ca+2]. The molecule has 8 nitrogen and oxygen atoms in total. The van der Waals surface area contributed by atoms with Crippen LogP contribution in [-0.4, -0.2) is 76.9 Å². The Balaban J connectivity index is -0.00000120. The van der Waals surface area contributed by atoms with Gasteiger partial charge in [0.15, 0.2) is 0 Å². The van der Waals surface area contributed by atoms with Crippen molar-refractivity contribution in [3.05, 3.63) is 24.3 Å². The van der Waals surface area contributed by atoms with Gasteiger partial charge in [-0.2, -0.15) is 0 Å². The van der Waals surface area contributed by atoms with Gasteiger partial charge in [-0.15, -0.1) is 0 Å². The summed E-state index contributed by atoms with van der Waals surface area (Å²) in [7, 11) is -9.22. The van der Waals surface area contributed by atoms with Crippen LogP contribution in [0.15, 0.2) is 24.3 Å². The summed E-state index contributed by atoms with van der Waals surface area (Å²) in [5.74, 6) is 0.0389. The molecule has 0 aliphatic carbocycles. The first-order valence-corrected chi connectivity index (χ1v) is 31.2. The monoisotopic (exact) mass is 1010 g/mol. The van der Waals surface area contributed by atoms with Crippen molar-refractivity contribution in [2.75, 3.05) is 13.2 Å². The van der Waals surface area contributed by atoms with Crippen molar-refractivity contribution in [1.82, 2.24) is 0 Å². The van der Waals surface area contributed by atoms with Crippen molar-refractivity contribution in [1.29, 1.82) is 0 Å². The molecule has 0 bridgehead atoms. The van der Waals surface area contributed by atoms with Gasteiger partial charge in [0, 0.05) is 11.8 Å². The van der Waals surface area contributed by atoms with Crippen LogP contribution in [0.1, 0.15) is 310 Å². The molecule has 11 heteroatoms. The standard InChI is InChI=1S/2C28H56O4S.Ca/c2*1-3-5-7-9-11-13-14-15-16-18-20-22-24-26-28(27-32-33(29,30)31)25-23-21-19-17-12-10-8-6-4-2;/h2*23,25,28H,3-22,24,26-27H2,1-2H3,(H,29,30,31);/q;;+2/p-2/b2*25-23+;. The van der Waals surface area contributed by atoms with Gasteiger partial charge in [0.1, 0.15) is 0 Å². The Morgan fingerprint density at radius 3 is 0.731 bits per heavy atom. The van der Waals surface area contributed by atoms with Gasteiger partial charge < -0.3 is 9.11 Å². The van der Waals surface area contributed by atoms with Gasteiger partial charge in [-0.25, -0.2) is 16.8 Å². The molecule has 0 spiro atoms. The van der Waals surface area contributed by atoms with E-state index in [2.05, 4.69) is 60.4 Å². The summed E-state index contributed by atoms with van der Waals surface area (Å²) in [5.41, 5.74) is 0. The average molecular weight is 1020 g/mol. The van der Waals surface area contributed by atoms with Gasteiger partial charge in [-0.1, -0.05) is 296 Å². The maximum Gasteiger partial charge on any atom is 2.00 e. The first kappa shape index (κ1) is 71.7. The maximum absolute atomic E-state index is 10.8. The molecular formula is C56H110CaO8S2. The van der Waals surface area contributed by atoms with E-state index in [4.69, 9.17) is 0 Å². The van der Waals surface area contributed by atoms with Crippen molar-refractivity contribution in [2.24, 2.45) is 11.8 Å². The van der Waals surface area contributed by atoms with E-state index in [1.54, 1.807) is 0 Å². The van der Waals surface area contributed by atoms with Crippen molar-refractivity contribution in [3.8, 4) is 0 Å². The van der Waals surface area contributed by atoms with E-state index in [9.17, 15) is 25.9 Å². The number of allylic oxidation sites excluding steroid dienone is 2. The molecule has 0 fully saturated rings. The third-order valence-electron chi connectivity index (χ3n) is 13.0. The Morgan fingerprint density at radius 1 is 0.328 bits per heavy atom. The Kier molecular flexibility index (Phi) is 61.4. The molecule has 2 unspecified atom stereocenters.